The predicted octanol–water partition coefficient (Wildman–Crippen LogP) is 0.908. The molecule has 84 valence electrons. The van der Waals surface area contributed by atoms with Crippen LogP contribution in [0.5, 0.6) is 0 Å². The largest absolute Gasteiger partial charge is 0.453 e. The van der Waals surface area contributed by atoms with E-state index in [9.17, 15) is 9.59 Å². The van der Waals surface area contributed by atoms with Gasteiger partial charge < -0.3 is 4.74 Å². The van der Waals surface area contributed by atoms with Gasteiger partial charge in [0.1, 0.15) is 0 Å². The molecule has 6 heteroatoms. The van der Waals surface area contributed by atoms with Crippen LogP contribution in [0, 0.1) is 0 Å². The van der Waals surface area contributed by atoms with E-state index in [1.807, 2.05) is 13.0 Å². The van der Waals surface area contributed by atoms with Crippen molar-refractivity contribution in [1.82, 2.24) is 9.97 Å². The molecule has 1 aliphatic carbocycles. The van der Waals surface area contributed by atoms with Crippen molar-refractivity contribution < 1.29 is 9.53 Å². The number of hydrogen-bond acceptors (Lipinski definition) is 4. The molecule has 0 bridgehead atoms. The van der Waals surface area contributed by atoms with Crippen LogP contribution in [0.2, 0.25) is 0 Å². The Morgan fingerprint density at radius 3 is 3.06 bits per heavy atom. The minimum Gasteiger partial charge on any atom is -0.453 e. The second-order valence-electron chi connectivity index (χ2n) is 3.56. The number of allylic oxidation sites excluding steroid dienone is 1. The number of carbonyl (C=O) groups is 1. The predicted molar refractivity (Wildman–Crippen MR) is 58.2 cm³/mol. The molecule has 1 aromatic rings. The number of amides is 1. The maximum atomic E-state index is 11.6. The summed E-state index contributed by atoms with van der Waals surface area (Å²) < 4.78 is 4.41. The molecule has 1 amide bonds. The topological polar surface area (TPSA) is 84.1 Å². The van der Waals surface area contributed by atoms with E-state index in [1.165, 1.54) is 7.11 Å². The lowest BCUT2D eigenvalue weighted by atomic mass is 10.2. The lowest BCUT2D eigenvalue weighted by molar-refractivity contribution is 0.186. The van der Waals surface area contributed by atoms with Crippen LogP contribution in [0.4, 0.5) is 10.7 Å². The fraction of sp³-hybridized carbons (Fsp3) is 0.300. The van der Waals surface area contributed by atoms with Crippen LogP contribution in [-0.4, -0.2) is 23.2 Å². The van der Waals surface area contributed by atoms with E-state index in [0.717, 1.165) is 5.57 Å². The third kappa shape index (κ3) is 1.81. The minimum absolute atomic E-state index is 0.0987. The summed E-state index contributed by atoms with van der Waals surface area (Å²) in [6.07, 6.45) is 1.77. The summed E-state index contributed by atoms with van der Waals surface area (Å²) in [6.45, 7) is 1.93. The number of nitrogens with one attached hydrogen (secondary N) is 2. The summed E-state index contributed by atoms with van der Waals surface area (Å²) in [4.78, 5) is 29.2. The number of ether oxygens (including phenoxy) is 1. The number of methoxy groups -OCH3 is 1. The van der Waals surface area contributed by atoms with E-state index < -0.39 is 6.09 Å². The number of aromatic amines is 1. The Balaban J connectivity index is 2.37. The smallest absolute Gasteiger partial charge is 0.413 e. The molecule has 1 heterocycles. The molecule has 16 heavy (non-hydrogen) atoms. The number of aromatic nitrogens is 2. The van der Waals surface area contributed by atoms with Crippen LogP contribution in [0.25, 0.3) is 6.08 Å². The normalized spacial score (nSPS) is 13.0. The number of carbonyl (C=O) groups excluding carboxylic acids is 1. The Hall–Kier alpha value is -2.11. The van der Waals surface area contributed by atoms with Crippen molar-refractivity contribution in [2.24, 2.45) is 0 Å². The first-order chi connectivity index (χ1) is 7.60. The van der Waals surface area contributed by atoms with Crippen LogP contribution in [0.15, 0.2) is 10.4 Å². The third-order valence-electron chi connectivity index (χ3n) is 2.29. The molecule has 0 saturated carbocycles. The highest BCUT2D eigenvalue weighted by molar-refractivity contribution is 5.82. The molecule has 1 aliphatic rings. The average molecular weight is 221 g/mol. The maximum absolute atomic E-state index is 11.6. The van der Waals surface area contributed by atoms with Crippen LogP contribution in [0.3, 0.4) is 0 Å². The molecule has 0 atom stereocenters. The van der Waals surface area contributed by atoms with E-state index in [2.05, 4.69) is 20.0 Å². The Bertz CT molecular complexity index is 531. The van der Waals surface area contributed by atoms with E-state index in [0.29, 0.717) is 17.7 Å². The second kappa shape index (κ2) is 3.80. The molecule has 0 radical (unpaired) electrons. The summed E-state index contributed by atoms with van der Waals surface area (Å²) >= 11 is 0. The summed E-state index contributed by atoms with van der Waals surface area (Å²) in [6, 6.07) is 0. The summed E-state index contributed by atoms with van der Waals surface area (Å²) in [5.41, 5.74) is 2.08. The van der Waals surface area contributed by atoms with E-state index in [-0.39, 0.29) is 11.5 Å². The highest BCUT2D eigenvalue weighted by Gasteiger charge is 2.16. The van der Waals surface area contributed by atoms with Gasteiger partial charge in [-0.05, 0) is 13.0 Å². The zero-order chi connectivity index (χ0) is 11.7. The van der Waals surface area contributed by atoms with Gasteiger partial charge in [0.15, 0.2) is 0 Å². The first-order valence-corrected chi connectivity index (χ1v) is 4.75. The van der Waals surface area contributed by atoms with Gasteiger partial charge in [-0.15, -0.1) is 0 Å². The monoisotopic (exact) mass is 221 g/mol. The third-order valence-corrected chi connectivity index (χ3v) is 2.29. The molecule has 6 nitrogen and oxygen atoms in total. The molecular formula is C10H11N3O3. The number of H-pyrrole nitrogens is 1. The van der Waals surface area contributed by atoms with Crippen molar-refractivity contribution in [2.45, 2.75) is 13.3 Å². The average Bonchev–Trinajstić information content (AvgIpc) is 2.59. The van der Waals surface area contributed by atoms with Crippen molar-refractivity contribution in [1.29, 1.82) is 0 Å². The van der Waals surface area contributed by atoms with Gasteiger partial charge in [0.25, 0.3) is 5.56 Å². The maximum Gasteiger partial charge on any atom is 0.413 e. The molecule has 2 rings (SSSR count). The summed E-state index contributed by atoms with van der Waals surface area (Å²) in [5, 5.41) is 2.32. The number of nitrogens with zero attached hydrogens (tertiary/aromatic N) is 1. The van der Waals surface area contributed by atoms with Gasteiger partial charge in [-0.3, -0.25) is 15.1 Å². The van der Waals surface area contributed by atoms with Gasteiger partial charge in [0, 0.05) is 12.0 Å². The van der Waals surface area contributed by atoms with Crippen LogP contribution < -0.4 is 10.9 Å². The van der Waals surface area contributed by atoms with Gasteiger partial charge in [0.05, 0.1) is 12.8 Å². The zero-order valence-corrected chi connectivity index (χ0v) is 8.96. The Labute approximate surface area is 91.4 Å². The van der Waals surface area contributed by atoms with Gasteiger partial charge in [-0.1, -0.05) is 5.57 Å². The number of hydrogen-bond donors (Lipinski definition) is 2. The molecule has 0 aromatic carbocycles. The highest BCUT2D eigenvalue weighted by Crippen LogP contribution is 2.20. The lowest BCUT2D eigenvalue weighted by Gasteiger charge is -2.04. The fourth-order valence-electron chi connectivity index (χ4n) is 1.58. The molecule has 0 saturated heterocycles. The van der Waals surface area contributed by atoms with Crippen molar-refractivity contribution >= 4 is 18.1 Å². The standard InChI is InChI=1S/C10H11N3O3/c1-5-3-6-7(4-5)11-9(12-8(6)14)13-10(15)16-2/h4H,3H2,1-2H3,(H2,11,12,13,14,15). The van der Waals surface area contributed by atoms with Crippen LogP contribution >= 0.6 is 0 Å². The Morgan fingerprint density at radius 1 is 1.62 bits per heavy atom. The van der Waals surface area contributed by atoms with Crippen molar-refractivity contribution in [3.8, 4) is 0 Å². The molecule has 0 aliphatic heterocycles. The van der Waals surface area contributed by atoms with Crippen molar-refractivity contribution in [2.75, 3.05) is 12.4 Å². The Morgan fingerprint density at radius 2 is 2.38 bits per heavy atom. The van der Waals surface area contributed by atoms with Crippen molar-refractivity contribution in [3.05, 3.63) is 27.2 Å². The number of fused-ring (bicyclic) bond motifs is 1. The first kappa shape index (κ1) is 10.4. The van der Waals surface area contributed by atoms with Gasteiger partial charge in [-0.25, -0.2) is 9.78 Å². The van der Waals surface area contributed by atoms with E-state index >= 15 is 0 Å². The molecule has 0 unspecified atom stereocenters. The van der Waals surface area contributed by atoms with Gasteiger partial charge in [0.2, 0.25) is 5.95 Å². The van der Waals surface area contributed by atoms with Crippen LogP contribution in [0.1, 0.15) is 18.2 Å². The van der Waals surface area contributed by atoms with Crippen molar-refractivity contribution in [3.63, 3.8) is 0 Å². The Kier molecular flexibility index (Phi) is 2.47. The molecular weight excluding hydrogens is 210 g/mol. The van der Waals surface area contributed by atoms with E-state index in [1.54, 1.807) is 0 Å². The first-order valence-electron chi connectivity index (χ1n) is 4.75. The zero-order valence-electron chi connectivity index (χ0n) is 8.96. The summed E-state index contributed by atoms with van der Waals surface area (Å²) in [7, 11) is 1.24. The number of anilines is 1. The molecule has 0 spiro atoms. The lowest BCUT2D eigenvalue weighted by Crippen LogP contribution is -2.20. The molecule has 1 aromatic heterocycles. The number of rotatable bonds is 1. The molecule has 2 N–H and O–H groups in total. The van der Waals surface area contributed by atoms with Crippen LogP contribution in [-0.2, 0) is 11.2 Å². The quantitative estimate of drug-likeness (QED) is 0.738. The minimum atomic E-state index is -0.665. The van der Waals surface area contributed by atoms with Gasteiger partial charge in [-0.2, -0.15) is 0 Å². The molecule has 0 fully saturated rings. The SMILES string of the molecule is COC(=O)Nc1nc2c(c(=O)[nH]1)CC(C)=C2. The fourth-order valence-corrected chi connectivity index (χ4v) is 1.58. The summed E-state index contributed by atoms with van der Waals surface area (Å²) in [5.74, 6) is 0.0987. The van der Waals surface area contributed by atoms with Gasteiger partial charge >= 0.3 is 6.09 Å². The highest BCUT2D eigenvalue weighted by atomic mass is 16.5. The second-order valence-corrected chi connectivity index (χ2v) is 3.56. The van der Waals surface area contributed by atoms with E-state index in [4.69, 9.17) is 0 Å².